The quantitative estimate of drug-likeness (QED) is 0.706. The molecule has 2 atom stereocenters. The van der Waals surface area contributed by atoms with Gasteiger partial charge in [-0.05, 0) is 19.1 Å². The van der Waals surface area contributed by atoms with Crippen molar-refractivity contribution in [3.63, 3.8) is 0 Å². The second kappa shape index (κ2) is 3.26. The number of ether oxygens (including phenoxy) is 2. The number of para-hydroxylation sites is 2. The van der Waals surface area contributed by atoms with Crippen LogP contribution >= 0.6 is 0 Å². The van der Waals surface area contributed by atoms with Gasteiger partial charge in [-0.1, -0.05) is 12.1 Å². The van der Waals surface area contributed by atoms with E-state index in [2.05, 4.69) is 0 Å². The van der Waals surface area contributed by atoms with E-state index in [0.717, 1.165) is 5.75 Å². The molecule has 3 nitrogen and oxygen atoms in total. The van der Waals surface area contributed by atoms with Crippen LogP contribution in [0.15, 0.2) is 24.3 Å². The van der Waals surface area contributed by atoms with Crippen LogP contribution in [0.4, 0.5) is 0 Å². The molecule has 0 aromatic heterocycles. The Morgan fingerprint density at radius 2 is 2.08 bits per heavy atom. The lowest BCUT2D eigenvalue weighted by atomic mass is 10.2. The lowest BCUT2D eigenvalue weighted by Crippen LogP contribution is -2.37. The number of hydrogen-bond acceptors (Lipinski definition) is 3. The number of benzene rings is 1. The van der Waals surface area contributed by atoms with Gasteiger partial charge < -0.3 is 14.6 Å². The molecule has 0 aliphatic carbocycles. The Morgan fingerprint density at radius 1 is 1.38 bits per heavy atom. The van der Waals surface area contributed by atoms with Crippen molar-refractivity contribution >= 4 is 0 Å². The van der Waals surface area contributed by atoms with Crippen LogP contribution in [-0.4, -0.2) is 23.9 Å². The molecule has 1 heterocycles. The van der Waals surface area contributed by atoms with Gasteiger partial charge in [0.25, 0.3) is 0 Å². The van der Waals surface area contributed by atoms with Gasteiger partial charge in [-0.15, -0.1) is 0 Å². The molecule has 0 saturated carbocycles. The maximum atomic E-state index is 9.30. The van der Waals surface area contributed by atoms with E-state index in [1.54, 1.807) is 6.92 Å². The summed E-state index contributed by atoms with van der Waals surface area (Å²) in [5.74, 6) is 1.46. The summed E-state index contributed by atoms with van der Waals surface area (Å²) in [6, 6.07) is 7.47. The number of rotatable bonds is 1. The van der Waals surface area contributed by atoms with Crippen LogP contribution in [-0.2, 0) is 0 Å². The molecule has 0 unspecified atom stereocenters. The van der Waals surface area contributed by atoms with Gasteiger partial charge in [-0.25, -0.2) is 0 Å². The zero-order valence-corrected chi connectivity index (χ0v) is 7.43. The van der Waals surface area contributed by atoms with Crippen LogP contribution in [0.1, 0.15) is 6.92 Å². The Labute approximate surface area is 76.9 Å². The summed E-state index contributed by atoms with van der Waals surface area (Å²) < 4.78 is 10.9. The summed E-state index contributed by atoms with van der Waals surface area (Å²) >= 11 is 0. The van der Waals surface area contributed by atoms with Gasteiger partial charge in [0.2, 0.25) is 0 Å². The minimum absolute atomic E-state index is 0.255. The highest BCUT2D eigenvalue weighted by Crippen LogP contribution is 2.31. The monoisotopic (exact) mass is 180 g/mol. The fourth-order valence-corrected chi connectivity index (χ4v) is 1.27. The molecule has 1 aliphatic rings. The molecule has 13 heavy (non-hydrogen) atoms. The van der Waals surface area contributed by atoms with Crippen LogP contribution in [0.3, 0.4) is 0 Å². The van der Waals surface area contributed by atoms with Gasteiger partial charge in [0.15, 0.2) is 17.6 Å². The minimum atomic E-state index is -0.506. The predicted molar refractivity (Wildman–Crippen MR) is 48.0 cm³/mol. The second-order valence-corrected chi connectivity index (χ2v) is 3.15. The second-order valence-electron chi connectivity index (χ2n) is 3.15. The molecule has 1 aromatic rings. The van der Waals surface area contributed by atoms with E-state index in [-0.39, 0.29) is 6.10 Å². The highest BCUT2D eigenvalue weighted by atomic mass is 16.6. The standard InChI is InChI=1S/C10H12O3/c1-7(11)10-6-12-8-4-2-3-5-9(8)13-10/h2-5,7,10-11H,6H2,1H3/t7-,10+/m0/s1. The fraction of sp³-hybridized carbons (Fsp3) is 0.400. The highest BCUT2D eigenvalue weighted by Gasteiger charge is 2.24. The molecule has 1 aromatic carbocycles. The molecule has 0 saturated heterocycles. The normalized spacial score (nSPS) is 22.5. The Bertz CT molecular complexity index is 296. The zero-order chi connectivity index (χ0) is 9.26. The van der Waals surface area contributed by atoms with E-state index in [1.807, 2.05) is 24.3 Å². The van der Waals surface area contributed by atoms with Crippen molar-refractivity contribution in [2.75, 3.05) is 6.61 Å². The van der Waals surface area contributed by atoms with E-state index in [4.69, 9.17) is 9.47 Å². The lowest BCUT2D eigenvalue weighted by molar-refractivity contribution is -0.000781. The first-order chi connectivity index (χ1) is 6.27. The molecule has 2 rings (SSSR count). The number of fused-ring (bicyclic) bond motifs is 1. The molecular formula is C10H12O3. The molecule has 70 valence electrons. The van der Waals surface area contributed by atoms with E-state index >= 15 is 0 Å². The van der Waals surface area contributed by atoms with Crippen molar-refractivity contribution < 1.29 is 14.6 Å². The smallest absolute Gasteiger partial charge is 0.161 e. The largest absolute Gasteiger partial charge is 0.486 e. The number of hydrogen-bond donors (Lipinski definition) is 1. The van der Waals surface area contributed by atoms with Crippen LogP contribution in [0.25, 0.3) is 0 Å². The summed E-state index contributed by atoms with van der Waals surface area (Å²) in [4.78, 5) is 0. The third-order valence-electron chi connectivity index (χ3n) is 2.07. The fourth-order valence-electron chi connectivity index (χ4n) is 1.27. The Morgan fingerprint density at radius 3 is 2.77 bits per heavy atom. The highest BCUT2D eigenvalue weighted by molar-refractivity contribution is 5.40. The molecular weight excluding hydrogens is 168 g/mol. The van der Waals surface area contributed by atoms with Crippen molar-refractivity contribution in [2.45, 2.75) is 19.1 Å². The first-order valence-electron chi connectivity index (χ1n) is 4.34. The van der Waals surface area contributed by atoms with Crippen molar-refractivity contribution in [1.29, 1.82) is 0 Å². The zero-order valence-electron chi connectivity index (χ0n) is 7.43. The van der Waals surface area contributed by atoms with E-state index < -0.39 is 6.10 Å². The van der Waals surface area contributed by atoms with Crippen LogP contribution in [0, 0.1) is 0 Å². The third-order valence-corrected chi connectivity index (χ3v) is 2.07. The molecule has 0 radical (unpaired) electrons. The van der Waals surface area contributed by atoms with Gasteiger partial charge in [0.05, 0.1) is 6.10 Å². The number of aliphatic hydroxyl groups is 1. The van der Waals surface area contributed by atoms with Gasteiger partial charge in [-0.3, -0.25) is 0 Å². The van der Waals surface area contributed by atoms with Crippen LogP contribution < -0.4 is 9.47 Å². The maximum Gasteiger partial charge on any atom is 0.161 e. The molecule has 3 heteroatoms. The Kier molecular flexibility index (Phi) is 2.10. The summed E-state index contributed by atoms with van der Waals surface area (Å²) in [5.41, 5.74) is 0. The van der Waals surface area contributed by atoms with Crippen molar-refractivity contribution in [2.24, 2.45) is 0 Å². The van der Waals surface area contributed by atoms with Gasteiger partial charge in [0, 0.05) is 0 Å². The molecule has 0 fully saturated rings. The van der Waals surface area contributed by atoms with Crippen LogP contribution in [0.5, 0.6) is 11.5 Å². The van der Waals surface area contributed by atoms with E-state index in [9.17, 15) is 5.11 Å². The summed E-state index contributed by atoms with van der Waals surface area (Å²) in [7, 11) is 0. The Balaban J connectivity index is 2.20. The van der Waals surface area contributed by atoms with Crippen LogP contribution in [0.2, 0.25) is 0 Å². The first kappa shape index (κ1) is 8.38. The summed E-state index contributed by atoms with van der Waals surface area (Å²) in [6.07, 6.45) is -0.761. The van der Waals surface area contributed by atoms with Crippen molar-refractivity contribution in [3.8, 4) is 11.5 Å². The van der Waals surface area contributed by atoms with Gasteiger partial charge in [0.1, 0.15) is 6.61 Å². The summed E-state index contributed by atoms with van der Waals surface area (Å²) in [6.45, 7) is 2.11. The van der Waals surface area contributed by atoms with Crippen molar-refractivity contribution in [1.82, 2.24) is 0 Å². The van der Waals surface area contributed by atoms with Crippen molar-refractivity contribution in [3.05, 3.63) is 24.3 Å². The average molecular weight is 180 g/mol. The molecule has 1 N–H and O–H groups in total. The van der Waals surface area contributed by atoms with E-state index in [1.165, 1.54) is 0 Å². The maximum absolute atomic E-state index is 9.30. The topological polar surface area (TPSA) is 38.7 Å². The molecule has 0 amide bonds. The molecule has 0 spiro atoms. The predicted octanol–water partition coefficient (Wildman–Crippen LogP) is 1.21. The first-order valence-corrected chi connectivity index (χ1v) is 4.34. The van der Waals surface area contributed by atoms with Gasteiger partial charge >= 0.3 is 0 Å². The molecule has 0 bridgehead atoms. The lowest BCUT2D eigenvalue weighted by Gasteiger charge is -2.27. The summed E-state index contributed by atoms with van der Waals surface area (Å²) in [5, 5.41) is 9.30. The van der Waals surface area contributed by atoms with Gasteiger partial charge in [-0.2, -0.15) is 0 Å². The van der Waals surface area contributed by atoms with E-state index in [0.29, 0.717) is 12.4 Å². The average Bonchev–Trinajstić information content (AvgIpc) is 2.17. The molecule has 1 aliphatic heterocycles. The Hall–Kier alpha value is -1.22. The minimum Gasteiger partial charge on any atom is -0.486 e. The number of aliphatic hydroxyl groups excluding tert-OH is 1. The third kappa shape index (κ3) is 1.60. The SMILES string of the molecule is C[C@H](O)[C@H]1COc2ccccc2O1.